The van der Waals surface area contributed by atoms with Crippen molar-refractivity contribution in [1.82, 2.24) is 0 Å². The highest BCUT2D eigenvalue weighted by Gasteiger charge is 2.19. The number of benzene rings is 1. The van der Waals surface area contributed by atoms with Gasteiger partial charge in [-0.2, -0.15) is 5.26 Å². The molecule has 1 aromatic carbocycles. The Labute approximate surface area is 83.4 Å². The summed E-state index contributed by atoms with van der Waals surface area (Å²) in [5.41, 5.74) is 2.92. The molecule has 0 spiro atoms. The third-order valence-electron chi connectivity index (χ3n) is 2.56. The highest BCUT2D eigenvalue weighted by molar-refractivity contribution is 5.45. The van der Waals surface area contributed by atoms with Gasteiger partial charge in [0.1, 0.15) is 0 Å². The topological polar surface area (TPSA) is 33.0 Å². The smallest absolute Gasteiger partial charge is 0.0995 e. The largest absolute Gasteiger partial charge is 0.376 e. The molecule has 14 heavy (non-hydrogen) atoms. The van der Waals surface area contributed by atoms with E-state index in [1.165, 1.54) is 5.56 Å². The van der Waals surface area contributed by atoms with Crippen molar-refractivity contribution in [2.24, 2.45) is 0 Å². The van der Waals surface area contributed by atoms with E-state index in [-0.39, 0.29) is 5.92 Å². The van der Waals surface area contributed by atoms with E-state index < -0.39 is 0 Å². The normalized spacial score (nSPS) is 19.5. The van der Waals surface area contributed by atoms with Gasteiger partial charge in [-0.05, 0) is 17.2 Å². The van der Waals surface area contributed by atoms with Crippen molar-refractivity contribution in [1.29, 1.82) is 5.26 Å². The van der Waals surface area contributed by atoms with Crippen LogP contribution >= 0.6 is 0 Å². The second kappa shape index (κ2) is 3.65. The van der Waals surface area contributed by atoms with Gasteiger partial charge in [-0.25, -0.2) is 0 Å². The molecule has 0 aromatic heterocycles. The SMILES string of the molecule is C=C[C@@H]1COCc2c(C#N)cccc21. The fourth-order valence-corrected chi connectivity index (χ4v) is 1.79. The minimum Gasteiger partial charge on any atom is -0.376 e. The Morgan fingerprint density at radius 2 is 2.43 bits per heavy atom. The summed E-state index contributed by atoms with van der Waals surface area (Å²) in [5, 5.41) is 8.92. The molecule has 0 unspecified atom stereocenters. The van der Waals surface area contributed by atoms with Crippen LogP contribution in [0.4, 0.5) is 0 Å². The molecule has 2 nitrogen and oxygen atoms in total. The molecule has 1 aliphatic heterocycles. The summed E-state index contributed by atoms with van der Waals surface area (Å²) in [6, 6.07) is 7.98. The Morgan fingerprint density at radius 3 is 3.14 bits per heavy atom. The van der Waals surface area contributed by atoms with E-state index in [2.05, 4.69) is 12.6 Å². The predicted octanol–water partition coefficient (Wildman–Crippen LogP) is 2.36. The average molecular weight is 185 g/mol. The molecule has 0 aliphatic carbocycles. The van der Waals surface area contributed by atoms with Crippen molar-refractivity contribution in [3.8, 4) is 6.07 Å². The lowest BCUT2D eigenvalue weighted by Crippen LogP contribution is -2.16. The summed E-state index contributed by atoms with van der Waals surface area (Å²) < 4.78 is 5.42. The first kappa shape index (κ1) is 8.98. The Morgan fingerprint density at radius 1 is 1.57 bits per heavy atom. The van der Waals surface area contributed by atoms with Gasteiger partial charge in [-0.15, -0.1) is 6.58 Å². The zero-order chi connectivity index (χ0) is 9.97. The summed E-state index contributed by atoms with van der Waals surface area (Å²) in [4.78, 5) is 0. The second-order valence-corrected chi connectivity index (χ2v) is 3.34. The van der Waals surface area contributed by atoms with Gasteiger partial charge in [-0.1, -0.05) is 18.2 Å². The van der Waals surface area contributed by atoms with Gasteiger partial charge in [0.05, 0.1) is 24.8 Å². The monoisotopic (exact) mass is 185 g/mol. The number of nitriles is 1. The first-order valence-corrected chi connectivity index (χ1v) is 4.59. The Bertz CT molecular complexity index is 403. The fourth-order valence-electron chi connectivity index (χ4n) is 1.79. The van der Waals surface area contributed by atoms with Crippen molar-refractivity contribution >= 4 is 0 Å². The van der Waals surface area contributed by atoms with E-state index >= 15 is 0 Å². The molecule has 0 N–H and O–H groups in total. The van der Waals surface area contributed by atoms with E-state index in [9.17, 15) is 0 Å². The van der Waals surface area contributed by atoms with E-state index in [0.29, 0.717) is 18.8 Å². The Kier molecular flexibility index (Phi) is 2.34. The predicted molar refractivity (Wildman–Crippen MR) is 53.8 cm³/mol. The molecular formula is C12H11NO. The van der Waals surface area contributed by atoms with Gasteiger partial charge in [0.25, 0.3) is 0 Å². The zero-order valence-electron chi connectivity index (χ0n) is 7.86. The summed E-state index contributed by atoms with van der Waals surface area (Å²) in [7, 11) is 0. The molecular weight excluding hydrogens is 174 g/mol. The second-order valence-electron chi connectivity index (χ2n) is 3.34. The maximum absolute atomic E-state index is 8.92. The van der Waals surface area contributed by atoms with Crippen molar-refractivity contribution < 1.29 is 4.74 Å². The van der Waals surface area contributed by atoms with Gasteiger partial charge in [0, 0.05) is 5.92 Å². The van der Waals surface area contributed by atoms with Crippen LogP contribution in [0.3, 0.4) is 0 Å². The molecule has 0 saturated carbocycles. The van der Waals surface area contributed by atoms with Crippen molar-refractivity contribution in [2.45, 2.75) is 12.5 Å². The molecule has 0 fully saturated rings. The van der Waals surface area contributed by atoms with E-state index in [0.717, 1.165) is 5.56 Å². The van der Waals surface area contributed by atoms with Crippen LogP contribution in [0, 0.1) is 11.3 Å². The number of ether oxygens (including phenoxy) is 1. The number of hydrogen-bond acceptors (Lipinski definition) is 2. The van der Waals surface area contributed by atoms with Crippen LogP contribution in [0.15, 0.2) is 30.9 Å². The molecule has 1 aliphatic rings. The molecule has 1 heterocycles. The standard InChI is InChI=1S/C12H11NO/c1-2-9-7-14-8-12-10(6-13)4-3-5-11(9)12/h2-5,9H,1,7-8H2/t9-/m1/s1. The highest BCUT2D eigenvalue weighted by Crippen LogP contribution is 2.29. The van der Waals surface area contributed by atoms with E-state index in [1.807, 2.05) is 24.3 Å². The van der Waals surface area contributed by atoms with Crippen LogP contribution in [-0.2, 0) is 11.3 Å². The number of fused-ring (bicyclic) bond motifs is 1. The van der Waals surface area contributed by atoms with Crippen LogP contribution in [0.5, 0.6) is 0 Å². The maximum atomic E-state index is 8.92. The fraction of sp³-hybridized carbons (Fsp3) is 0.250. The van der Waals surface area contributed by atoms with E-state index in [4.69, 9.17) is 10.00 Å². The molecule has 70 valence electrons. The quantitative estimate of drug-likeness (QED) is 0.629. The molecule has 0 bridgehead atoms. The molecule has 0 radical (unpaired) electrons. The Hall–Kier alpha value is -1.59. The molecule has 2 heteroatoms. The molecule has 2 rings (SSSR count). The molecule has 1 aromatic rings. The highest BCUT2D eigenvalue weighted by atomic mass is 16.5. The molecule has 0 amide bonds. The van der Waals surface area contributed by atoms with Gasteiger partial charge >= 0.3 is 0 Å². The van der Waals surface area contributed by atoms with Crippen LogP contribution < -0.4 is 0 Å². The summed E-state index contributed by atoms with van der Waals surface area (Å²) >= 11 is 0. The molecule has 1 atom stereocenters. The van der Waals surface area contributed by atoms with Crippen molar-refractivity contribution in [3.05, 3.63) is 47.5 Å². The number of nitrogens with zero attached hydrogens (tertiary/aromatic N) is 1. The summed E-state index contributed by atoms with van der Waals surface area (Å²) in [5.74, 6) is 0.229. The van der Waals surface area contributed by atoms with Gasteiger partial charge in [0.2, 0.25) is 0 Å². The van der Waals surface area contributed by atoms with Gasteiger partial charge < -0.3 is 4.74 Å². The van der Waals surface area contributed by atoms with Crippen molar-refractivity contribution in [2.75, 3.05) is 6.61 Å². The minimum absolute atomic E-state index is 0.229. The Balaban J connectivity index is 2.55. The molecule has 0 saturated heterocycles. The lowest BCUT2D eigenvalue weighted by molar-refractivity contribution is 0.101. The lowest BCUT2D eigenvalue weighted by Gasteiger charge is -2.23. The van der Waals surface area contributed by atoms with E-state index in [1.54, 1.807) is 0 Å². The lowest BCUT2D eigenvalue weighted by atomic mass is 9.90. The van der Waals surface area contributed by atoms with Crippen LogP contribution in [0.1, 0.15) is 22.6 Å². The first-order valence-electron chi connectivity index (χ1n) is 4.59. The minimum atomic E-state index is 0.229. The summed E-state index contributed by atoms with van der Waals surface area (Å²) in [6.45, 7) is 4.99. The number of hydrogen-bond donors (Lipinski definition) is 0. The van der Waals surface area contributed by atoms with Crippen molar-refractivity contribution in [3.63, 3.8) is 0 Å². The zero-order valence-corrected chi connectivity index (χ0v) is 7.86. The van der Waals surface area contributed by atoms with Crippen LogP contribution in [0.2, 0.25) is 0 Å². The number of rotatable bonds is 1. The van der Waals surface area contributed by atoms with Crippen LogP contribution in [-0.4, -0.2) is 6.61 Å². The van der Waals surface area contributed by atoms with Crippen LogP contribution in [0.25, 0.3) is 0 Å². The maximum Gasteiger partial charge on any atom is 0.0995 e. The first-order chi connectivity index (χ1) is 6.86. The van der Waals surface area contributed by atoms with Gasteiger partial charge in [0.15, 0.2) is 0 Å². The third kappa shape index (κ3) is 1.32. The summed E-state index contributed by atoms with van der Waals surface area (Å²) in [6.07, 6.45) is 1.87. The third-order valence-corrected chi connectivity index (χ3v) is 2.56. The van der Waals surface area contributed by atoms with Gasteiger partial charge in [-0.3, -0.25) is 0 Å². The average Bonchev–Trinajstić information content (AvgIpc) is 2.27.